The van der Waals surface area contributed by atoms with Gasteiger partial charge in [-0.2, -0.15) is 0 Å². The number of piperidine rings is 1. The lowest BCUT2D eigenvalue weighted by molar-refractivity contribution is -0.114. The highest BCUT2D eigenvalue weighted by Crippen LogP contribution is 2.28. The molecule has 2 aromatic carbocycles. The lowest BCUT2D eigenvalue weighted by atomic mass is 9.96. The molecule has 0 saturated carbocycles. The number of amides is 2. The Morgan fingerprint density at radius 3 is 2.57 bits per heavy atom. The number of para-hydroxylation sites is 1. The molecular weight excluding hydrogens is 378 g/mol. The second kappa shape index (κ2) is 8.67. The number of H-pyrrole nitrogens is 1. The van der Waals surface area contributed by atoms with Gasteiger partial charge in [0.1, 0.15) is 11.3 Å². The predicted octanol–water partition coefficient (Wildman–Crippen LogP) is 3.04. The van der Waals surface area contributed by atoms with E-state index < -0.39 is 5.91 Å². The summed E-state index contributed by atoms with van der Waals surface area (Å²) in [7, 11) is 0. The molecule has 4 N–H and O–H groups in total. The molecule has 1 aliphatic heterocycles. The van der Waals surface area contributed by atoms with Crippen LogP contribution in [0, 0.1) is 0 Å². The maximum absolute atomic E-state index is 11.6. The van der Waals surface area contributed by atoms with Gasteiger partial charge in [0.15, 0.2) is 0 Å². The van der Waals surface area contributed by atoms with Crippen LogP contribution in [-0.4, -0.2) is 46.3 Å². The van der Waals surface area contributed by atoms with Crippen LogP contribution < -0.4 is 11.1 Å². The normalized spacial score (nSPS) is 15.4. The van der Waals surface area contributed by atoms with Gasteiger partial charge in [0.2, 0.25) is 5.91 Å². The summed E-state index contributed by atoms with van der Waals surface area (Å²) in [5.74, 6) is 0.817. The highest BCUT2D eigenvalue weighted by molar-refractivity contribution is 6.04. The average molecular weight is 406 g/mol. The SMILES string of the molecule is CC(=O)Nc1ccc(CCN2CCC(c3nc4c(C(N)=O)cccc4[nH]3)CC2)cc1. The highest BCUT2D eigenvalue weighted by Gasteiger charge is 2.23. The molecule has 4 rings (SSSR count). The van der Waals surface area contributed by atoms with Gasteiger partial charge in [-0.1, -0.05) is 18.2 Å². The number of anilines is 1. The molecule has 0 unspecified atom stereocenters. The maximum Gasteiger partial charge on any atom is 0.250 e. The van der Waals surface area contributed by atoms with E-state index in [1.54, 1.807) is 6.07 Å². The number of aromatic amines is 1. The van der Waals surface area contributed by atoms with E-state index in [9.17, 15) is 9.59 Å². The molecule has 0 aliphatic carbocycles. The second-order valence-corrected chi connectivity index (χ2v) is 7.93. The molecule has 0 bridgehead atoms. The third-order valence-electron chi connectivity index (χ3n) is 5.76. The number of carbonyl (C=O) groups is 2. The van der Waals surface area contributed by atoms with E-state index in [-0.39, 0.29) is 5.91 Å². The van der Waals surface area contributed by atoms with Crippen molar-refractivity contribution in [2.45, 2.75) is 32.1 Å². The van der Waals surface area contributed by atoms with Crippen molar-refractivity contribution in [3.05, 3.63) is 59.4 Å². The van der Waals surface area contributed by atoms with Crippen molar-refractivity contribution >= 4 is 28.5 Å². The van der Waals surface area contributed by atoms with Crippen LogP contribution in [0.15, 0.2) is 42.5 Å². The molecule has 30 heavy (non-hydrogen) atoms. The summed E-state index contributed by atoms with van der Waals surface area (Å²) in [6.45, 7) is 4.57. The number of hydrogen-bond donors (Lipinski definition) is 3. The summed E-state index contributed by atoms with van der Waals surface area (Å²) in [6, 6.07) is 13.5. The molecule has 1 aliphatic rings. The topological polar surface area (TPSA) is 104 Å². The van der Waals surface area contributed by atoms with E-state index in [0.29, 0.717) is 17.0 Å². The summed E-state index contributed by atoms with van der Waals surface area (Å²) in [5.41, 5.74) is 9.58. The van der Waals surface area contributed by atoms with Crippen molar-refractivity contribution in [1.29, 1.82) is 0 Å². The Bertz CT molecular complexity index is 1050. The number of aromatic nitrogens is 2. The fourth-order valence-electron chi connectivity index (χ4n) is 4.12. The Labute approximate surface area is 175 Å². The number of imidazole rings is 1. The van der Waals surface area contributed by atoms with Crippen LogP contribution in [-0.2, 0) is 11.2 Å². The third kappa shape index (κ3) is 4.52. The van der Waals surface area contributed by atoms with Crippen LogP contribution in [0.5, 0.6) is 0 Å². The van der Waals surface area contributed by atoms with Gasteiger partial charge in [-0.25, -0.2) is 4.98 Å². The van der Waals surface area contributed by atoms with Gasteiger partial charge in [-0.3, -0.25) is 9.59 Å². The van der Waals surface area contributed by atoms with Crippen molar-refractivity contribution in [2.24, 2.45) is 5.73 Å². The van der Waals surface area contributed by atoms with Crippen LogP contribution in [0.3, 0.4) is 0 Å². The molecule has 7 heteroatoms. The number of nitrogens with zero attached hydrogens (tertiary/aromatic N) is 2. The van der Waals surface area contributed by atoms with E-state index in [2.05, 4.69) is 27.3 Å². The van der Waals surface area contributed by atoms with E-state index in [1.165, 1.54) is 12.5 Å². The summed E-state index contributed by atoms with van der Waals surface area (Å²) in [6.07, 6.45) is 3.05. The average Bonchev–Trinajstić information content (AvgIpc) is 3.17. The van der Waals surface area contributed by atoms with Crippen molar-refractivity contribution in [2.75, 3.05) is 25.0 Å². The van der Waals surface area contributed by atoms with E-state index in [1.807, 2.05) is 24.3 Å². The molecule has 3 aromatic rings. The quantitative estimate of drug-likeness (QED) is 0.586. The summed E-state index contributed by atoms with van der Waals surface area (Å²) in [5, 5.41) is 2.79. The van der Waals surface area contributed by atoms with Gasteiger partial charge in [-0.15, -0.1) is 0 Å². The Morgan fingerprint density at radius 2 is 1.90 bits per heavy atom. The Hall–Kier alpha value is -3.19. The van der Waals surface area contributed by atoms with Gasteiger partial charge in [0.25, 0.3) is 5.91 Å². The van der Waals surface area contributed by atoms with Gasteiger partial charge in [0.05, 0.1) is 11.1 Å². The number of likely N-dealkylation sites (tertiary alicyclic amines) is 1. The number of benzene rings is 2. The van der Waals surface area contributed by atoms with Crippen LogP contribution in [0.4, 0.5) is 5.69 Å². The Morgan fingerprint density at radius 1 is 1.17 bits per heavy atom. The lowest BCUT2D eigenvalue weighted by Gasteiger charge is -2.31. The van der Waals surface area contributed by atoms with Crippen LogP contribution >= 0.6 is 0 Å². The zero-order chi connectivity index (χ0) is 21.1. The fraction of sp³-hybridized carbons (Fsp3) is 0.348. The molecule has 0 atom stereocenters. The van der Waals surface area contributed by atoms with Crippen molar-refractivity contribution in [3.63, 3.8) is 0 Å². The minimum Gasteiger partial charge on any atom is -0.366 e. The zero-order valence-electron chi connectivity index (χ0n) is 17.1. The highest BCUT2D eigenvalue weighted by atomic mass is 16.1. The van der Waals surface area contributed by atoms with Crippen LogP contribution in [0.25, 0.3) is 11.0 Å². The number of carbonyl (C=O) groups excluding carboxylic acids is 2. The fourth-order valence-corrected chi connectivity index (χ4v) is 4.12. The molecule has 1 aromatic heterocycles. The monoisotopic (exact) mass is 405 g/mol. The molecule has 1 saturated heterocycles. The van der Waals surface area contributed by atoms with Gasteiger partial charge < -0.3 is 20.9 Å². The number of rotatable bonds is 6. The molecule has 0 spiro atoms. The summed E-state index contributed by atoms with van der Waals surface area (Å²) < 4.78 is 0. The first-order valence-electron chi connectivity index (χ1n) is 10.4. The lowest BCUT2D eigenvalue weighted by Crippen LogP contribution is -2.34. The number of nitrogens with two attached hydrogens (primary N) is 1. The smallest absolute Gasteiger partial charge is 0.250 e. The molecule has 0 radical (unpaired) electrons. The minimum atomic E-state index is -0.446. The van der Waals surface area contributed by atoms with Gasteiger partial charge >= 0.3 is 0 Å². The van der Waals surface area contributed by atoms with Crippen molar-refractivity contribution in [3.8, 4) is 0 Å². The first-order chi connectivity index (χ1) is 14.5. The standard InChI is InChI=1S/C23H27N5O2/c1-15(29)25-18-7-5-16(6-8-18)9-12-28-13-10-17(11-14-28)23-26-20-4-2-3-19(22(24)30)21(20)27-23/h2-8,17H,9-14H2,1H3,(H2,24,30)(H,25,29)(H,26,27). The van der Waals surface area contributed by atoms with E-state index >= 15 is 0 Å². The predicted molar refractivity (Wildman–Crippen MR) is 117 cm³/mol. The Balaban J connectivity index is 1.32. The molecule has 7 nitrogen and oxygen atoms in total. The molecular formula is C23H27N5O2. The van der Waals surface area contributed by atoms with Crippen molar-refractivity contribution in [1.82, 2.24) is 14.9 Å². The third-order valence-corrected chi connectivity index (χ3v) is 5.76. The number of nitrogens with one attached hydrogen (secondary N) is 2. The first kappa shape index (κ1) is 20.1. The van der Waals surface area contributed by atoms with E-state index in [4.69, 9.17) is 10.7 Å². The molecule has 156 valence electrons. The van der Waals surface area contributed by atoms with Crippen LogP contribution in [0.1, 0.15) is 47.4 Å². The largest absolute Gasteiger partial charge is 0.366 e. The zero-order valence-corrected chi connectivity index (χ0v) is 17.1. The van der Waals surface area contributed by atoms with Gasteiger partial charge in [-0.05, 0) is 62.2 Å². The first-order valence-corrected chi connectivity index (χ1v) is 10.4. The molecule has 1 fully saturated rings. The Kier molecular flexibility index (Phi) is 5.81. The van der Waals surface area contributed by atoms with Gasteiger partial charge in [0, 0.05) is 25.1 Å². The molecule has 2 amide bonds. The van der Waals surface area contributed by atoms with Crippen molar-refractivity contribution < 1.29 is 9.59 Å². The maximum atomic E-state index is 11.6. The number of hydrogen-bond acceptors (Lipinski definition) is 4. The second-order valence-electron chi connectivity index (χ2n) is 7.93. The number of primary amides is 1. The summed E-state index contributed by atoms with van der Waals surface area (Å²) >= 11 is 0. The minimum absolute atomic E-state index is 0.0547. The van der Waals surface area contributed by atoms with Crippen LogP contribution in [0.2, 0.25) is 0 Å². The van der Waals surface area contributed by atoms with E-state index in [0.717, 1.165) is 55.9 Å². The molecule has 2 heterocycles. The number of fused-ring (bicyclic) bond motifs is 1. The summed E-state index contributed by atoms with van der Waals surface area (Å²) in [4.78, 5) is 33.3.